The zero-order valence-electron chi connectivity index (χ0n) is 12.6. The van der Waals surface area contributed by atoms with Crippen molar-refractivity contribution in [1.29, 1.82) is 0 Å². The van der Waals surface area contributed by atoms with Gasteiger partial charge in [-0.1, -0.05) is 27.7 Å². The molecule has 1 aliphatic rings. The van der Waals surface area contributed by atoms with Crippen LogP contribution in [0.5, 0.6) is 0 Å². The molecule has 0 aromatic rings. The van der Waals surface area contributed by atoms with E-state index in [2.05, 4.69) is 27.7 Å². The summed E-state index contributed by atoms with van der Waals surface area (Å²) in [6.07, 6.45) is 2.37. The summed E-state index contributed by atoms with van der Waals surface area (Å²) in [5.74, 6) is 0.896. The summed E-state index contributed by atoms with van der Waals surface area (Å²) >= 11 is 0. The number of hydrogen-bond acceptors (Lipinski definition) is 2. The fourth-order valence-electron chi connectivity index (χ4n) is 2.33. The molecule has 0 saturated carbocycles. The monoisotopic (exact) mass is 255 g/mol. The molecule has 0 bridgehead atoms. The number of aliphatic hydroxyl groups is 1. The topological polar surface area (TPSA) is 40.5 Å². The van der Waals surface area contributed by atoms with Crippen molar-refractivity contribution in [2.24, 2.45) is 17.3 Å². The highest BCUT2D eigenvalue weighted by Crippen LogP contribution is 2.29. The summed E-state index contributed by atoms with van der Waals surface area (Å²) in [4.78, 5) is 14.2. The van der Waals surface area contributed by atoms with Crippen LogP contribution < -0.4 is 0 Å². The second-order valence-corrected chi connectivity index (χ2v) is 6.95. The molecule has 106 valence electrons. The van der Waals surface area contributed by atoms with Gasteiger partial charge in [-0.25, -0.2) is 0 Å². The van der Waals surface area contributed by atoms with Crippen molar-refractivity contribution < 1.29 is 9.90 Å². The molecular formula is C15H29NO2. The molecule has 1 amide bonds. The van der Waals surface area contributed by atoms with Gasteiger partial charge >= 0.3 is 0 Å². The fraction of sp³-hybridized carbons (Fsp3) is 0.933. The minimum atomic E-state index is -0.305. The van der Waals surface area contributed by atoms with Crippen LogP contribution in [0.25, 0.3) is 0 Å². The molecule has 0 aromatic carbocycles. The van der Waals surface area contributed by atoms with Gasteiger partial charge in [0, 0.05) is 25.4 Å². The molecule has 3 heteroatoms. The predicted octanol–water partition coefficient (Wildman–Crippen LogP) is 2.68. The summed E-state index contributed by atoms with van der Waals surface area (Å²) in [5, 5.41) is 9.65. The Balaban J connectivity index is 2.51. The Morgan fingerprint density at radius 3 is 2.50 bits per heavy atom. The van der Waals surface area contributed by atoms with Crippen molar-refractivity contribution in [2.75, 3.05) is 13.1 Å². The average Bonchev–Trinajstić information content (AvgIpc) is 2.27. The van der Waals surface area contributed by atoms with Crippen LogP contribution in [0, 0.1) is 17.3 Å². The Morgan fingerprint density at radius 2 is 2.00 bits per heavy atom. The molecule has 0 aliphatic carbocycles. The van der Waals surface area contributed by atoms with Crippen molar-refractivity contribution in [2.45, 2.75) is 60.0 Å². The van der Waals surface area contributed by atoms with Crippen molar-refractivity contribution >= 4 is 5.91 Å². The van der Waals surface area contributed by atoms with Crippen LogP contribution in [-0.4, -0.2) is 35.1 Å². The summed E-state index contributed by atoms with van der Waals surface area (Å²) < 4.78 is 0. The third-order valence-electron chi connectivity index (χ3n) is 4.45. The molecule has 0 aromatic heterocycles. The molecule has 3 unspecified atom stereocenters. The number of amides is 1. The minimum Gasteiger partial charge on any atom is -0.393 e. The maximum Gasteiger partial charge on any atom is 0.222 e. The molecule has 1 rings (SSSR count). The number of nitrogens with zero attached hydrogens (tertiary/aromatic N) is 1. The second-order valence-electron chi connectivity index (χ2n) is 6.95. The molecule has 3 atom stereocenters. The van der Waals surface area contributed by atoms with Gasteiger partial charge in [-0.2, -0.15) is 0 Å². The highest BCUT2D eigenvalue weighted by atomic mass is 16.3. The van der Waals surface area contributed by atoms with Gasteiger partial charge in [-0.15, -0.1) is 0 Å². The quantitative estimate of drug-likeness (QED) is 0.842. The number of rotatable bonds is 3. The Hall–Kier alpha value is -0.570. The van der Waals surface area contributed by atoms with Crippen LogP contribution in [0.2, 0.25) is 0 Å². The normalized spacial score (nSPS) is 24.8. The SMILES string of the molecule is CC(O)C1CCCN(C(=O)CC(C)C(C)(C)C)C1. The van der Waals surface area contributed by atoms with E-state index >= 15 is 0 Å². The summed E-state index contributed by atoms with van der Waals surface area (Å²) in [6, 6.07) is 0. The smallest absolute Gasteiger partial charge is 0.222 e. The number of aliphatic hydroxyl groups excluding tert-OH is 1. The maximum absolute atomic E-state index is 12.3. The van der Waals surface area contributed by atoms with Crippen LogP contribution in [0.3, 0.4) is 0 Å². The van der Waals surface area contributed by atoms with E-state index in [1.807, 2.05) is 11.8 Å². The third kappa shape index (κ3) is 4.27. The molecule has 1 fully saturated rings. The summed E-state index contributed by atoms with van der Waals surface area (Å²) in [7, 11) is 0. The maximum atomic E-state index is 12.3. The zero-order valence-corrected chi connectivity index (χ0v) is 12.6. The van der Waals surface area contributed by atoms with Crippen LogP contribution in [0.4, 0.5) is 0 Å². The lowest BCUT2D eigenvalue weighted by molar-refractivity contribution is -0.135. The first-order valence-corrected chi connectivity index (χ1v) is 7.17. The Bertz CT molecular complexity index is 281. The number of piperidine rings is 1. The molecule has 0 spiro atoms. The first kappa shape index (κ1) is 15.5. The lowest BCUT2D eigenvalue weighted by Crippen LogP contribution is -2.43. The van der Waals surface area contributed by atoms with Gasteiger partial charge < -0.3 is 10.0 Å². The van der Waals surface area contributed by atoms with Gasteiger partial charge in [0.05, 0.1) is 6.10 Å². The molecule has 1 aliphatic heterocycles. The Kier molecular flexibility index (Phi) is 5.20. The van der Waals surface area contributed by atoms with E-state index in [4.69, 9.17) is 0 Å². The van der Waals surface area contributed by atoms with E-state index in [9.17, 15) is 9.90 Å². The van der Waals surface area contributed by atoms with E-state index in [1.54, 1.807) is 0 Å². The lowest BCUT2D eigenvalue weighted by atomic mass is 9.79. The van der Waals surface area contributed by atoms with Gasteiger partial charge in [0.15, 0.2) is 0 Å². The molecule has 1 N–H and O–H groups in total. The van der Waals surface area contributed by atoms with Crippen LogP contribution >= 0.6 is 0 Å². The molecule has 1 heterocycles. The van der Waals surface area contributed by atoms with Crippen molar-refractivity contribution in [3.63, 3.8) is 0 Å². The molecule has 18 heavy (non-hydrogen) atoms. The summed E-state index contributed by atoms with van der Waals surface area (Å²) in [6.45, 7) is 12.1. The Morgan fingerprint density at radius 1 is 1.39 bits per heavy atom. The Labute approximate surface area is 112 Å². The first-order chi connectivity index (χ1) is 8.21. The number of carbonyl (C=O) groups excluding carboxylic acids is 1. The van der Waals surface area contributed by atoms with Crippen molar-refractivity contribution in [3.8, 4) is 0 Å². The van der Waals surface area contributed by atoms with Crippen LogP contribution in [0.15, 0.2) is 0 Å². The molecule has 1 saturated heterocycles. The number of likely N-dealkylation sites (tertiary alicyclic amines) is 1. The molecule has 3 nitrogen and oxygen atoms in total. The zero-order chi connectivity index (χ0) is 13.9. The standard InChI is InChI=1S/C15H29NO2/c1-11(15(3,4)5)9-14(18)16-8-6-7-13(10-16)12(2)17/h11-13,17H,6-10H2,1-5H3. The van der Waals surface area contributed by atoms with Crippen molar-refractivity contribution in [3.05, 3.63) is 0 Å². The fourth-order valence-corrected chi connectivity index (χ4v) is 2.33. The average molecular weight is 255 g/mol. The minimum absolute atomic E-state index is 0.176. The largest absolute Gasteiger partial charge is 0.393 e. The third-order valence-corrected chi connectivity index (χ3v) is 4.45. The van der Waals surface area contributed by atoms with Gasteiger partial charge in [0.1, 0.15) is 0 Å². The van der Waals surface area contributed by atoms with Crippen LogP contribution in [-0.2, 0) is 4.79 Å². The summed E-state index contributed by atoms with van der Waals surface area (Å²) in [5.41, 5.74) is 0.176. The van der Waals surface area contributed by atoms with E-state index in [-0.39, 0.29) is 23.3 Å². The van der Waals surface area contributed by atoms with E-state index in [1.165, 1.54) is 0 Å². The van der Waals surface area contributed by atoms with Crippen LogP contribution in [0.1, 0.15) is 53.9 Å². The van der Waals surface area contributed by atoms with E-state index in [0.29, 0.717) is 12.3 Å². The number of carbonyl (C=O) groups is 1. The van der Waals surface area contributed by atoms with Crippen molar-refractivity contribution in [1.82, 2.24) is 4.90 Å². The molecular weight excluding hydrogens is 226 g/mol. The van der Waals surface area contributed by atoms with E-state index < -0.39 is 0 Å². The van der Waals surface area contributed by atoms with Gasteiger partial charge in [-0.3, -0.25) is 4.79 Å². The van der Waals surface area contributed by atoms with Gasteiger partial charge in [-0.05, 0) is 31.1 Å². The first-order valence-electron chi connectivity index (χ1n) is 7.17. The second kappa shape index (κ2) is 6.05. The number of hydrogen-bond donors (Lipinski definition) is 1. The van der Waals surface area contributed by atoms with E-state index in [0.717, 1.165) is 25.9 Å². The molecule has 0 radical (unpaired) electrons. The predicted molar refractivity (Wildman–Crippen MR) is 74.2 cm³/mol. The lowest BCUT2D eigenvalue weighted by Gasteiger charge is -2.36. The highest BCUT2D eigenvalue weighted by molar-refractivity contribution is 5.76. The van der Waals surface area contributed by atoms with Gasteiger partial charge in [0.25, 0.3) is 0 Å². The highest BCUT2D eigenvalue weighted by Gasteiger charge is 2.29. The van der Waals surface area contributed by atoms with Gasteiger partial charge in [0.2, 0.25) is 5.91 Å².